The van der Waals surface area contributed by atoms with Gasteiger partial charge in [-0.2, -0.15) is 5.10 Å². The van der Waals surface area contributed by atoms with Crippen LogP contribution in [0, 0.1) is 16.0 Å². The molecule has 0 bridgehead atoms. The van der Waals surface area contributed by atoms with Crippen LogP contribution in [-0.4, -0.2) is 17.0 Å². The number of carbonyl (C=O) groups excluding carboxylic acids is 1. The van der Waals surface area contributed by atoms with Crippen LogP contribution in [0.4, 0.5) is 5.69 Å². The average molecular weight is 309 g/mol. The Morgan fingerprint density at radius 3 is 2.61 bits per heavy atom. The number of nitrogens with zero attached hydrogens (tertiary/aromatic N) is 2. The Labute approximate surface area is 133 Å². The lowest BCUT2D eigenvalue weighted by atomic mass is 10.1. The second-order valence-electron chi connectivity index (χ2n) is 5.41. The molecule has 2 aromatic carbocycles. The van der Waals surface area contributed by atoms with E-state index < -0.39 is 4.92 Å². The first-order valence-corrected chi connectivity index (χ1v) is 7.28. The minimum atomic E-state index is -0.477. The van der Waals surface area contributed by atoms with E-state index in [-0.39, 0.29) is 23.4 Å². The molecule has 6 nitrogen and oxygen atoms in total. The van der Waals surface area contributed by atoms with Crippen molar-refractivity contribution in [1.29, 1.82) is 0 Å². The summed E-state index contributed by atoms with van der Waals surface area (Å²) in [5.74, 6) is -0.00791. The maximum absolute atomic E-state index is 12.0. The summed E-state index contributed by atoms with van der Waals surface area (Å²) < 4.78 is 0. The largest absolute Gasteiger partial charge is 0.278 e. The number of benzene rings is 2. The lowest BCUT2D eigenvalue weighted by Crippen LogP contribution is -2.20. The van der Waals surface area contributed by atoms with Gasteiger partial charge in [0.2, 0.25) is 5.91 Å². The summed E-state index contributed by atoms with van der Waals surface area (Å²) in [6.07, 6.45) is 2.10. The van der Waals surface area contributed by atoms with Crippen LogP contribution >= 0.6 is 0 Å². The van der Waals surface area contributed by atoms with Gasteiger partial charge in [0.25, 0.3) is 5.69 Å². The molecule has 2 aromatic rings. The van der Waals surface area contributed by atoms with Crippen molar-refractivity contribution < 1.29 is 9.72 Å². The zero-order valence-corrected chi connectivity index (χ0v) is 12.3. The second-order valence-corrected chi connectivity index (χ2v) is 5.41. The van der Waals surface area contributed by atoms with Crippen molar-refractivity contribution in [1.82, 2.24) is 5.43 Å². The molecule has 6 heteroatoms. The number of amides is 1. The Morgan fingerprint density at radius 2 is 1.87 bits per heavy atom. The first-order valence-electron chi connectivity index (χ1n) is 7.28. The number of rotatable bonds is 5. The molecular weight excluding hydrogens is 294 g/mol. The minimum Gasteiger partial charge on any atom is -0.273 e. The summed E-state index contributed by atoms with van der Waals surface area (Å²) in [6.45, 7) is 0. The molecule has 0 saturated heterocycles. The molecule has 1 aliphatic carbocycles. The van der Waals surface area contributed by atoms with Gasteiger partial charge in [-0.05, 0) is 24.0 Å². The van der Waals surface area contributed by atoms with E-state index in [1.165, 1.54) is 12.3 Å². The number of hydrogen-bond donors (Lipinski definition) is 1. The third-order valence-corrected chi connectivity index (χ3v) is 3.87. The van der Waals surface area contributed by atoms with Crippen LogP contribution in [0.1, 0.15) is 23.5 Å². The molecule has 0 unspecified atom stereocenters. The molecule has 1 N–H and O–H groups in total. The molecular formula is C17H15N3O3. The van der Waals surface area contributed by atoms with Gasteiger partial charge in [0.05, 0.1) is 16.7 Å². The highest BCUT2D eigenvalue weighted by atomic mass is 16.6. The highest BCUT2D eigenvalue weighted by Crippen LogP contribution is 2.47. The number of carbonyl (C=O) groups is 1. The SMILES string of the molecule is O=C(NN=Cc1ccccc1[N+](=O)[O-])[C@H]1C[C@H]1c1ccccc1. The highest BCUT2D eigenvalue weighted by molar-refractivity contribution is 5.88. The monoisotopic (exact) mass is 309 g/mol. The summed E-state index contributed by atoms with van der Waals surface area (Å²) in [4.78, 5) is 22.5. The Bertz CT molecular complexity index is 759. The summed E-state index contributed by atoms with van der Waals surface area (Å²) in [5.41, 5.74) is 3.93. The van der Waals surface area contributed by atoms with E-state index in [0.29, 0.717) is 5.56 Å². The Kier molecular flexibility index (Phi) is 4.14. The van der Waals surface area contributed by atoms with Crippen LogP contribution in [0.25, 0.3) is 0 Å². The van der Waals surface area contributed by atoms with Crippen molar-refractivity contribution in [3.8, 4) is 0 Å². The number of hydrogen-bond acceptors (Lipinski definition) is 4. The van der Waals surface area contributed by atoms with Crippen LogP contribution in [0.3, 0.4) is 0 Å². The Hall–Kier alpha value is -3.02. The van der Waals surface area contributed by atoms with E-state index in [2.05, 4.69) is 10.5 Å². The summed E-state index contributed by atoms with van der Waals surface area (Å²) >= 11 is 0. The van der Waals surface area contributed by atoms with Gasteiger partial charge in [-0.1, -0.05) is 42.5 Å². The first kappa shape index (κ1) is 14.9. The maximum atomic E-state index is 12.0. The number of para-hydroxylation sites is 1. The maximum Gasteiger partial charge on any atom is 0.278 e. The van der Waals surface area contributed by atoms with Crippen molar-refractivity contribution in [3.05, 3.63) is 75.8 Å². The zero-order valence-electron chi connectivity index (χ0n) is 12.3. The lowest BCUT2D eigenvalue weighted by Gasteiger charge is -2.00. The van der Waals surface area contributed by atoms with Crippen molar-refractivity contribution in [2.75, 3.05) is 0 Å². The molecule has 3 rings (SSSR count). The van der Waals surface area contributed by atoms with E-state index >= 15 is 0 Å². The fourth-order valence-corrected chi connectivity index (χ4v) is 2.56. The van der Waals surface area contributed by atoms with E-state index in [0.717, 1.165) is 12.0 Å². The number of nitro groups is 1. The summed E-state index contributed by atoms with van der Waals surface area (Å²) in [7, 11) is 0. The molecule has 23 heavy (non-hydrogen) atoms. The predicted octanol–water partition coefficient (Wildman–Crippen LogP) is 2.85. The van der Waals surface area contributed by atoms with Gasteiger partial charge in [0, 0.05) is 12.0 Å². The van der Waals surface area contributed by atoms with Gasteiger partial charge in [-0.25, -0.2) is 5.43 Å². The smallest absolute Gasteiger partial charge is 0.273 e. The molecule has 0 aromatic heterocycles. The van der Waals surface area contributed by atoms with Crippen LogP contribution in [0.15, 0.2) is 59.7 Å². The molecule has 1 amide bonds. The number of hydrazone groups is 1. The minimum absolute atomic E-state index is 0.0425. The molecule has 0 aliphatic heterocycles. The summed E-state index contributed by atoms with van der Waals surface area (Å²) in [6, 6.07) is 16.1. The fraction of sp³-hybridized carbons (Fsp3) is 0.176. The predicted molar refractivity (Wildman–Crippen MR) is 86.1 cm³/mol. The third-order valence-electron chi connectivity index (χ3n) is 3.87. The molecule has 0 heterocycles. The third kappa shape index (κ3) is 3.42. The van der Waals surface area contributed by atoms with Gasteiger partial charge < -0.3 is 0 Å². The molecule has 2 atom stereocenters. The second kappa shape index (κ2) is 6.39. The van der Waals surface area contributed by atoms with Crippen LogP contribution in [0.2, 0.25) is 0 Å². The van der Waals surface area contributed by atoms with Gasteiger partial charge in [-0.15, -0.1) is 0 Å². The standard InChI is InChI=1S/C17H15N3O3/c21-17(15-10-14(15)12-6-2-1-3-7-12)19-18-11-13-8-4-5-9-16(13)20(22)23/h1-9,11,14-15H,10H2,(H,19,21)/t14-,15-/m0/s1. The molecule has 0 spiro atoms. The molecule has 1 aliphatic rings. The normalized spacial score (nSPS) is 19.5. The average Bonchev–Trinajstić information content (AvgIpc) is 3.36. The van der Waals surface area contributed by atoms with E-state index in [4.69, 9.17) is 0 Å². The molecule has 1 fully saturated rings. The quantitative estimate of drug-likeness (QED) is 0.523. The van der Waals surface area contributed by atoms with E-state index in [1.807, 2.05) is 30.3 Å². The van der Waals surface area contributed by atoms with Gasteiger partial charge in [0.1, 0.15) is 0 Å². The van der Waals surface area contributed by atoms with Crippen LogP contribution in [0.5, 0.6) is 0 Å². The van der Waals surface area contributed by atoms with E-state index in [1.54, 1.807) is 18.2 Å². The van der Waals surface area contributed by atoms with Gasteiger partial charge >= 0.3 is 0 Å². The van der Waals surface area contributed by atoms with Crippen LogP contribution < -0.4 is 5.43 Å². The summed E-state index contributed by atoms with van der Waals surface area (Å²) in [5, 5.41) is 14.7. The van der Waals surface area contributed by atoms with Crippen molar-refractivity contribution in [2.24, 2.45) is 11.0 Å². The fourth-order valence-electron chi connectivity index (χ4n) is 2.56. The van der Waals surface area contributed by atoms with Crippen molar-refractivity contribution in [3.63, 3.8) is 0 Å². The van der Waals surface area contributed by atoms with Gasteiger partial charge in [-0.3, -0.25) is 14.9 Å². The zero-order chi connectivity index (χ0) is 16.2. The lowest BCUT2D eigenvalue weighted by molar-refractivity contribution is -0.385. The molecule has 116 valence electrons. The first-order chi connectivity index (χ1) is 11.2. The van der Waals surface area contributed by atoms with Crippen molar-refractivity contribution in [2.45, 2.75) is 12.3 Å². The Morgan fingerprint density at radius 1 is 1.17 bits per heavy atom. The number of nitrogens with one attached hydrogen (secondary N) is 1. The highest BCUT2D eigenvalue weighted by Gasteiger charge is 2.43. The van der Waals surface area contributed by atoms with Crippen molar-refractivity contribution >= 4 is 17.8 Å². The molecule has 0 radical (unpaired) electrons. The number of nitro benzene ring substituents is 1. The van der Waals surface area contributed by atoms with Gasteiger partial charge in [0.15, 0.2) is 0 Å². The van der Waals surface area contributed by atoms with E-state index in [9.17, 15) is 14.9 Å². The molecule has 1 saturated carbocycles. The topological polar surface area (TPSA) is 84.6 Å². The van der Waals surface area contributed by atoms with Crippen LogP contribution in [-0.2, 0) is 4.79 Å². The Balaban J connectivity index is 1.59.